The molecule has 25 heavy (non-hydrogen) atoms. The molecule has 2 aromatic carbocycles. The fourth-order valence-corrected chi connectivity index (χ4v) is 3.08. The molecule has 4 nitrogen and oxygen atoms in total. The smallest absolute Gasteiger partial charge is 0.339 e. The first-order valence-corrected chi connectivity index (χ1v) is 8.99. The topological polar surface area (TPSA) is 55.4 Å². The van der Waals surface area contributed by atoms with Crippen LogP contribution < -0.4 is 5.32 Å². The van der Waals surface area contributed by atoms with E-state index in [0.717, 1.165) is 6.42 Å². The number of amides is 1. The quantitative estimate of drug-likeness (QED) is 0.574. The van der Waals surface area contributed by atoms with Crippen molar-refractivity contribution in [2.24, 2.45) is 0 Å². The number of rotatable bonds is 8. The standard InChI is InChI=1S/C19H20FNO3S/c1-2-11-21-18(22)12-24-19(23)15-8-4-6-10-17(15)25-13-14-7-3-5-9-16(14)20/h3-10H,2,11-13H2,1H3,(H,21,22). The Kier molecular flexibility index (Phi) is 7.47. The maximum absolute atomic E-state index is 13.7. The molecule has 0 fully saturated rings. The minimum atomic E-state index is -0.566. The van der Waals surface area contributed by atoms with Crippen LogP contribution in [0.4, 0.5) is 4.39 Å². The molecule has 0 bridgehead atoms. The average molecular weight is 361 g/mol. The SMILES string of the molecule is CCCNC(=O)COC(=O)c1ccccc1SCc1ccccc1F. The van der Waals surface area contributed by atoms with Crippen LogP contribution in [-0.2, 0) is 15.3 Å². The Morgan fingerprint density at radius 3 is 2.60 bits per heavy atom. The van der Waals surface area contributed by atoms with E-state index in [9.17, 15) is 14.0 Å². The van der Waals surface area contributed by atoms with Crippen LogP contribution >= 0.6 is 11.8 Å². The number of hydrogen-bond acceptors (Lipinski definition) is 4. The van der Waals surface area contributed by atoms with Crippen LogP contribution in [0, 0.1) is 5.82 Å². The van der Waals surface area contributed by atoms with Crippen molar-refractivity contribution in [1.29, 1.82) is 0 Å². The first kappa shape index (κ1) is 19.0. The third-order valence-electron chi connectivity index (χ3n) is 3.35. The zero-order valence-corrected chi connectivity index (χ0v) is 14.8. The van der Waals surface area contributed by atoms with Crippen molar-refractivity contribution >= 4 is 23.6 Å². The molecular formula is C19H20FNO3S. The first-order valence-electron chi connectivity index (χ1n) is 8.01. The van der Waals surface area contributed by atoms with Gasteiger partial charge in [0.2, 0.25) is 0 Å². The summed E-state index contributed by atoms with van der Waals surface area (Å²) in [5.74, 6) is -0.772. The van der Waals surface area contributed by atoms with Gasteiger partial charge in [-0.05, 0) is 30.2 Å². The van der Waals surface area contributed by atoms with Gasteiger partial charge in [-0.1, -0.05) is 37.3 Å². The molecule has 0 heterocycles. The molecule has 1 amide bonds. The highest BCUT2D eigenvalue weighted by Gasteiger charge is 2.15. The van der Waals surface area contributed by atoms with Crippen LogP contribution in [0.15, 0.2) is 53.4 Å². The number of nitrogens with one attached hydrogen (secondary N) is 1. The number of benzene rings is 2. The number of halogens is 1. The summed E-state index contributed by atoms with van der Waals surface area (Å²) in [5, 5.41) is 2.64. The monoisotopic (exact) mass is 361 g/mol. The molecule has 0 radical (unpaired) electrons. The Morgan fingerprint density at radius 2 is 1.84 bits per heavy atom. The number of carbonyl (C=O) groups excluding carboxylic acids is 2. The molecule has 6 heteroatoms. The molecule has 0 aliphatic heterocycles. The lowest BCUT2D eigenvalue weighted by Gasteiger charge is -2.10. The van der Waals surface area contributed by atoms with Crippen LogP contribution in [0.1, 0.15) is 29.3 Å². The van der Waals surface area contributed by atoms with Gasteiger partial charge in [-0.3, -0.25) is 4.79 Å². The van der Waals surface area contributed by atoms with Gasteiger partial charge in [0.1, 0.15) is 5.82 Å². The summed E-state index contributed by atoms with van der Waals surface area (Å²) in [4.78, 5) is 24.5. The highest BCUT2D eigenvalue weighted by atomic mass is 32.2. The zero-order chi connectivity index (χ0) is 18.1. The highest BCUT2D eigenvalue weighted by Crippen LogP contribution is 2.27. The largest absolute Gasteiger partial charge is 0.452 e. The number of ether oxygens (including phenoxy) is 1. The lowest BCUT2D eigenvalue weighted by atomic mass is 10.2. The van der Waals surface area contributed by atoms with Crippen LogP contribution in [0.2, 0.25) is 0 Å². The third-order valence-corrected chi connectivity index (χ3v) is 4.48. The molecular weight excluding hydrogens is 341 g/mol. The maximum atomic E-state index is 13.7. The van der Waals surface area contributed by atoms with Crippen molar-refractivity contribution in [3.63, 3.8) is 0 Å². The summed E-state index contributed by atoms with van der Waals surface area (Å²) >= 11 is 1.35. The molecule has 2 aromatic rings. The van der Waals surface area contributed by atoms with E-state index in [1.165, 1.54) is 17.8 Å². The van der Waals surface area contributed by atoms with Gasteiger partial charge in [-0.15, -0.1) is 11.8 Å². The van der Waals surface area contributed by atoms with E-state index in [4.69, 9.17) is 4.74 Å². The Bertz CT molecular complexity index is 736. The van der Waals surface area contributed by atoms with Crippen molar-refractivity contribution in [3.05, 3.63) is 65.5 Å². The van der Waals surface area contributed by atoms with Crippen molar-refractivity contribution in [2.45, 2.75) is 24.0 Å². The number of thioether (sulfide) groups is 1. The fraction of sp³-hybridized carbons (Fsp3) is 0.263. The van der Waals surface area contributed by atoms with Gasteiger partial charge < -0.3 is 10.1 Å². The molecule has 0 aliphatic rings. The van der Waals surface area contributed by atoms with Crippen LogP contribution in [0.3, 0.4) is 0 Å². The Balaban J connectivity index is 1.98. The summed E-state index contributed by atoms with van der Waals surface area (Å²) in [5.41, 5.74) is 0.932. The van der Waals surface area contributed by atoms with E-state index in [-0.39, 0.29) is 18.3 Å². The van der Waals surface area contributed by atoms with E-state index < -0.39 is 5.97 Å². The minimum absolute atomic E-state index is 0.275. The van der Waals surface area contributed by atoms with Crippen molar-refractivity contribution in [3.8, 4) is 0 Å². The highest BCUT2D eigenvalue weighted by molar-refractivity contribution is 7.98. The molecule has 0 aromatic heterocycles. The van der Waals surface area contributed by atoms with Crippen molar-refractivity contribution < 1.29 is 18.7 Å². The molecule has 0 spiro atoms. The van der Waals surface area contributed by atoms with E-state index in [1.807, 2.05) is 6.92 Å². The summed E-state index contributed by atoms with van der Waals surface area (Å²) in [6.07, 6.45) is 0.815. The third kappa shape index (κ3) is 5.90. The number of carbonyl (C=O) groups is 2. The molecule has 0 aliphatic carbocycles. The second kappa shape index (κ2) is 9.84. The summed E-state index contributed by atoms with van der Waals surface area (Å²) in [7, 11) is 0. The van der Waals surface area contributed by atoms with Gasteiger partial charge in [0.15, 0.2) is 6.61 Å². The van der Waals surface area contributed by atoms with Gasteiger partial charge in [0, 0.05) is 17.2 Å². The predicted molar refractivity (Wildman–Crippen MR) is 96.0 cm³/mol. The predicted octanol–water partition coefficient (Wildman–Crippen LogP) is 3.80. The van der Waals surface area contributed by atoms with Crippen molar-refractivity contribution in [1.82, 2.24) is 5.32 Å². The second-order valence-corrected chi connectivity index (χ2v) is 6.32. The Hall–Kier alpha value is -2.34. The fourth-order valence-electron chi connectivity index (χ4n) is 2.06. The Morgan fingerprint density at radius 1 is 1.12 bits per heavy atom. The Labute approximate surface area is 150 Å². The summed E-state index contributed by atoms with van der Waals surface area (Å²) in [6.45, 7) is 2.17. The average Bonchev–Trinajstić information content (AvgIpc) is 2.64. The van der Waals surface area contributed by atoms with Gasteiger partial charge in [0.25, 0.3) is 5.91 Å². The lowest BCUT2D eigenvalue weighted by molar-refractivity contribution is -0.124. The van der Waals surface area contributed by atoms with Crippen LogP contribution in [0.25, 0.3) is 0 Å². The zero-order valence-electron chi connectivity index (χ0n) is 14.0. The minimum Gasteiger partial charge on any atom is -0.452 e. The molecule has 0 atom stereocenters. The van der Waals surface area contributed by atoms with Gasteiger partial charge in [-0.25, -0.2) is 9.18 Å². The molecule has 1 N–H and O–H groups in total. The van der Waals surface area contributed by atoms with Gasteiger partial charge >= 0.3 is 5.97 Å². The molecule has 0 saturated carbocycles. The van der Waals surface area contributed by atoms with E-state index in [2.05, 4.69) is 5.32 Å². The maximum Gasteiger partial charge on any atom is 0.339 e. The molecule has 0 unspecified atom stereocenters. The summed E-state index contributed by atoms with van der Waals surface area (Å²) in [6, 6.07) is 13.5. The van der Waals surface area contributed by atoms with Crippen LogP contribution in [-0.4, -0.2) is 25.0 Å². The van der Waals surface area contributed by atoms with Crippen molar-refractivity contribution in [2.75, 3.05) is 13.2 Å². The molecule has 132 valence electrons. The first-order chi connectivity index (χ1) is 12.1. The van der Waals surface area contributed by atoms with E-state index in [0.29, 0.717) is 28.3 Å². The van der Waals surface area contributed by atoms with Gasteiger partial charge in [0.05, 0.1) is 5.56 Å². The van der Waals surface area contributed by atoms with Crippen LogP contribution in [0.5, 0.6) is 0 Å². The molecule has 2 rings (SSSR count). The van der Waals surface area contributed by atoms with E-state index in [1.54, 1.807) is 42.5 Å². The second-order valence-electron chi connectivity index (χ2n) is 5.30. The van der Waals surface area contributed by atoms with E-state index >= 15 is 0 Å². The number of hydrogen-bond donors (Lipinski definition) is 1. The van der Waals surface area contributed by atoms with Gasteiger partial charge in [-0.2, -0.15) is 0 Å². The molecule has 0 saturated heterocycles. The lowest BCUT2D eigenvalue weighted by Crippen LogP contribution is -2.29. The summed E-state index contributed by atoms with van der Waals surface area (Å²) < 4.78 is 18.8. The number of esters is 1. The normalized spacial score (nSPS) is 10.3.